The molecule has 0 aliphatic carbocycles. The van der Waals surface area contributed by atoms with E-state index in [0.29, 0.717) is 0 Å². The van der Waals surface area contributed by atoms with Crippen molar-refractivity contribution in [2.75, 3.05) is 0 Å². The van der Waals surface area contributed by atoms with E-state index >= 15 is 0 Å². The van der Waals surface area contributed by atoms with Crippen LogP contribution in [0.25, 0.3) is 0 Å². The lowest BCUT2D eigenvalue weighted by Crippen LogP contribution is -2.09. The Morgan fingerprint density at radius 1 is 1.60 bits per heavy atom. The average Bonchev–Trinajstić information content (AvgIpc) is 1.38. The van der Waals surface area contributed by atoms with Gasteiger partial charge in [-0.25, -0.2) is 0 Å². The molecule has 0 rings (SSSR count). The SMILES string of the molecule is OB(O)OBr. The molecule has 0 aliphatic heterocycles. The van der Waals surface area contributed by atoms with Crippen molar-refractivity contribution in [3.8, 4) is 0 Å². The predicted molar refractivity (Wildman–Crippen MR) is 20.2 cm³/mol. The van der Waals surface area contributed by atoms with Crippen molar-refractivity contribution >= 4 is 23.6 Å². The van der Waals surface area contributed by atoms with Gasteiger partial charge in [0.25, 0.3) is 0 Å². The van der Waals surface area contributed by atoms with E-state index in [1.165, 1.54) is 0 Å². The van der Waals surface area contributed by atoms with E-state index in [4.69, 9.17) is 10.0 Å². The third kappa shape index (κ3) is 4.42. The highest BCUT2D eigenvalue weighted by Gasteiger charge is 2.02. The van der Waals surface area contributed by atoms with Crippen molar-refractivity contribution in [1.29, 1.82) is 0 Å². The van der Waals surface area contributed by atoms with Crippen LogP contribution in [0.4, 0.5) is 0 Å². The molecule has 0 aromatic rings. The van der Waals surface area contributed by atoms with Gasteiger partial charge in [-0.2, -0.15) is 0 Å². The van der Waals surface area contributed by atoms with Gasteiger partial charge in [-0.1, -0.05) is 0 Å². The van der Waals surface area contributed by atoms with Gasteiger partial charge < -0.3 is 13.8 Å². The summed E-state index contributed by atoms with van der Waals surface area (Å²) in [5.74, 6) is 0. The Morgan fingerprint density at radius 3 is 1.80 bits per heavy atom. The summed E-state index contributed by atoms with van der Waals surface area (Å²) in [4.78, 5) is 0. The van der Waals surface area contributed by atoms with Crippen molar-refractivity contribution in [2.45, 2.75) is 0 Å². The van der Waals surface area contributed by atoms with Crippen LogP contribution in [-0.2, 0) is 3.75 Å². The first-order valence-corrected chi connectivity index (χ1v) is 1.55. The summed E-state index contributed by atoms with van der Waals surface area (Å²) in [6.45, 7) is 0. The highest BCUT2D eigenvalue weighted by Crippen LogP contribution is 1.80. The lowest BCUT2D eigenvalue weighted by molar-refractivity contribution is 0.315. The first-order valence-electron chi connectivity index (χ1n) is 0.906. The fourth-order valence-corrected chi connectivity index (χ4v) is 0. The van der Waals surface area contributed by atoms with Gasteiger partial charge in [-0.05, 0) is 0 Å². The molecular formula is H2BBrO3. The van der Waals surface area contributed by atoms with Crippen LogP contribution >= 0.6 is 16.3 Å². The molecule has 0 saturated carbocycles. The Morgan fingerprint density at radius 2 is 1.80 bits per heavy atom. The summed E-state index contributed by atoms with van der Waals surface area (Å²) in [6, 6.07) is 0. The van der Waals surface area contributed by atoms with E-state index in [0.717, 1.165) is 0 Å². The maximum atomic E-state index is 7.65. The molecule has 0 bridgehead atoms. The fourth-order valence-electron chi connectivity index (χ4n) is 0. The van der Waals surface area contributed by atoms with Crippen molar-refractivity contribution in [1.82, 2.24) is 0 Å². The molecule has 0 aliphatic rings. The van der Waals surface area contributed by atoms with Gasteiger partial charge in [0, 0.05) is 0 Å². The quantitative estimate of drug-likeness (QED) is 0.473. The van der Waals surface area contributed by atoms with Crippen LogP contribution in [0.15, 0.2) is 0 Å². The maximum absolute atomic E-state index is 7.65. The summed E-state index contributed by atoms with van der Waals surface area (Å²) in [7, 11) is -1.70. The second-order valence-electron chi connectivity index (χ2n) is 0.415. The minimum Gasteiger partial charge on any atom is -0.401 e. The third-order valence-corrected chi connectivity index (χ3v) is 0.414. The zero-order valence-corrected chi connectivity index (χ0v) is 3.84. The van der Waals surface area contributed by atoms with Crippen LogP contribution < -0.4 is 0 Å². The second-order valence-corrected chi connectivity index (χ2v) is 0.789. The molecule has 0 aromatic carbocycles. The van der Waals surface area contributed by atoms with Crippen LogP contribution in [0.2, 0.25) is 0 Å². The summed E-state index contributed by atoms with van der Waals surface area (Å²) in [6.07, 6.45) is 0. The van der Waals surface area contributed by atoms with Crippen LogP contribution in [0.5, 0.6) is 0 Å². The Hall–Kier alpha value is 0.425. The lowest BCUT2D eigenvalue weighted by atomic mass is 10.3. The summed E-state index contributed by atoms with van der Waals surface area (Å²) in [5, 5.41) is 15.3. The third-order valence-electron chi connectivity index (χ3n) is 0.0797. The van der Waals surface area contributed by atoms with Crippen LogP contribution in [0.3, 0.4) is 0 Å². The Bertz CT molecular complexity index is 20.9. The van der Waals surface area contributed by atoms with E-state index < -0.39 is 7.32 Å². The first-order chi connectivity index (χ1) is 2.27. The highest BCUT2D eigenvalue weighted by atomic mass is 79.9. The van der Waals surface area contributed by atoms with Gasteiger partial charge in [0.1, 0.15) is 0 Å². The van der Waals surface area contributed by atoms with E-state index in [1.807, 2.05) is 0 Å². The van der Waals surface area contributed by atoms with Crippen LogP contribution in [0, 0.1) is 0 Å². The van der Waals surface area contributed by atoms with Crippen LogP contribution in [-0.4, -0.2) is 17.4 Å². The maximum Gasteiger partial charge on any atom is 0.645 e. The Balaban J connectivity index is 2.54. The molecule has 0 saturated heterocycles. The lowest BCUT2D eigenvalue weighted by Gasteiger charge is -1.81. The van der Waals surface area contributed by atoms with E-state index in [-0.39, 0.29) is 0 Å². The van der Waals surface area contributed by atoms with Gasteiger partial charge >= 0.3 is 7.32 Å². The Kier molecular flexibility index (Phi) is 2.88. The molecule has 2 N–H and O–H groups in total. The topological polar surface area (TPSA) is 49.7 Å². The average molecular weight is 141 g/mol. The van der Waals surface area contributed by atoms with Gasteiger partial charge in [0.15, 0.2) is 0 Å². The molecular weight excluding hydrogens is 139 g/mol. The van der Waals surface area contributed by atoms with E-state index in [1.54, 1.807) is 0 Å². The highest BCUT2D eigenvalue weighted by molar-refractivity contribution is 9.06. The van der Waals surface area contributed by atoms with Crippen molar-refractivity contribution in [3.63, 3.8) is 0 Å². The van der Waals surface area contributed by atoms with E-state index in [2.05, 4.69) is 20.0 Å². The van der Waals surface area contributed by atoms with Crippen molar-refractivity contribution < 1.29 is 13.8 Å². The molecule has 0 aromatic heterocycles. The largest absolute Gasteiger partial charge is 0.645 e. The molecule has 0 fully saturated rings. The van der Waals surface area contributed by atoms with Crippen molar-refractivity contribution in [3.05, 3.63) is 0 Å². The smallest absolute Gasteiger partial charge is 0.401 e. The molecule has 0 atom stereocenters. The minimum atomic E-state index is -1.70. The van der Waals surface area contributed by atoms with Gasteiger partial charge in [-0.3, -0.25) is 0 Å². The molecule has 30 valence electrons. The molecule has 3 nitrogen and oxygen atoms in total. The first kappa shape index (κ1) is 5.42. The number of hydrogen-bond donors (Lipinski definition) is 2. The standard InChI is InChI=1S/BBrH2O3/c2-5-1(3)4/h3-4H. The molecule has 0 amide bonds. The molecule has 5 heavy (non-hydrogen) atoms. The van der Waals surface area contributed by atoms with Crippen molar-refractivity contribution in [2.24, 2.45) is 0 Å². The number of halogens is 1. The van der Waals surface area contributed by atoms with Crippen LogP contribution in [0.1, 0.15) is 0 Å². The summed E-state index contributed by atoms with van der Waals surface area (Å²) >= 11 is 2.31. The zero-order valence-electron chi connectivity index (χ0n) is 2.26. The number of rotatable bonds is 1. The monoisotopic (exact) mass is 140 g/mol. The Labute approximate surface area is 38.2 Å². The summed E-state index contributed by atoms with van der Waals surface area (Å²) in [5.41, 5.74) is 0. The normalized spacial score (nSPS) is 7.80. The van der Waals surface area contributed by atoms with Gasteiger partial charge in [-0.15, -0.1) is 0 Å². The molecule has 5 heteroatoms. The molecule has 0 heterocycles. The minimum absolute atomic E-state index is 1.70. The second kappa shape index (κ2) is 2.65. The predicted octanol–water partition coefficient (Wildman–Crippen LogP) is -0.718. The van der Waals surface area contributed by atoms with Gasteiger partial charge in [0.2, 0.25) is 0 Å². The number of hydrogen-bond acceptors (Lipinski definition) is 3. The fraction of sp³-hybridized carbons (Fsp3) is 0. The van der Waals surface area contributed by atoms with E-state index in [9.17, 15) is 0 Å². The molecule has 0 radical (unpaired) electrons. The summed E-state index contributed by atoms with van der Waals surface area (Å²) < 4.78 is 3.67. The van der Waals surface area contributed by atoms with Gasteiger partial charge in [0.05, 0.1) is 16.3 Å². The zero-order chi connectivity index (χ0) is 4.28. The molecule has 0 spiro atoms. The molecule has 0 unspecified atom stereocenters.